The smallest absolute Gasteiger partial charge is 0.261 e. The molecule has 0 atom stereocenters. The van der Waals surface area contributed by atoms with Gasteiger partial charge in [0, 0.05) is 5.69 Å². The molecule has 7 heteroatoms. The Morgan fingerprint density at radius 2 is 1.43 bits per heavy atom. The molecule has 0 unspecified atom stereocenters. The Kier molecular flexibility index (Phi) is 4.91. The van der Waals surface area contributed by atoms with E-state index in [4.69, 9.17) is 0 Å². The van der Waals surface area contributed by atoms with E-state index in [9.17, 15) is 16.8 Å². The first-order chi connectivity index (χ1) is 10.7. The minimum Gasteiger partial charge on any atom is -0.280 e. The number of hydrogen-bond donors (Lipinski definition) is 1. The quantitative estimate of drug-likeness (QED) is 0.812. The average molecular weight is 351 g/mol. The predicted octanol–water partition coefficient (Wildman–Crippen LogP) is 2.76. The minimum absolute atomic E-state index is 0.121. The standard InChI is InChI=1S/C16H17NO4S2/c1-3-12-22(18,19)15-10-6-14(7-11-15)17-23(20,21)16-8-4-13(2)5-9-16/h3-11,17H,1,12H2,2H3. The van der Waals surface area contributed by atoms with Crippen LogP contribution in [0.3, 0.4) is 0 Å². The third-order valence-electron chi connectivity index (χ3n) is 3.13. The number of sulfonamides is 1. The Balaban J connectivity index is 2.24. The van der Waals surface area contributed by atoms with E-state index in [1.54, 1.807) is 12.1 Å². The Morgan fingerprint density at radius 1 is 0.913 bits per heavy atom. The normalized spacial score (nSPS) is 11.9. The van der Waals surface area contributed by atoms with Gasteiger partial charge in [0.05, 0.1) is 15.5 Å². The highest BCUT2D eigenvalue weighted by Gasteiger charge is 2.15. The van der Waals surface area contributed by atoms with Crippen LogP contribution in [-0.2, 0) is 19.9 Å². The molecule has 5 nitrogen and oxygen atoms in total. The fourth-order valence-electron chi connectivity index (χ4n) is 1.91. The van der Waals surface area contributed by atoms with E-state index in [0.29, 0.717) is 5.69 Å². The second-order valence-corrected chi connectivity index (χ2v) is 8.73. The van der Waals surface area contributed by atoms with Gasteiger partial charge in [0.15, 0.2) is 9.84 Å². The number of aryl methyl sites for hydroxylation is 1. The van der Waals surface area contributed by atoms with Crippen molar-refractivity contribution in [1.82, 2.24) is 0 Å². The van der Waals surface area contributed by atoms with Crippen molar-refractivity contribution < 1.29 is 16.8 Å². The summed E-state index contributed by atoms with van der Waals surface area (Å²) in [5, 5.41) is 0. The minimum atomic E-state index is -3.70. The molecule has 0 amide bonds. The van der Waals surface area contributed by atoms with Gasteiger partial charge < -0.3 is 0 Å². The fraction of sp³-hybridized carbons (Fsp3) is 0.125. The van der Waals surface area contributed by atoms with Crippen molar-refractivity contribution in [3.8, 4) is 0 Å². The molecule has 23 heavy (non-hydrogen) atoms. The van der Waals surface area contributed by atoms with Crippen LogP contribution in [0, 0.1) is 6.92 Å². The van der Waals surface area contributed by atoms with Crippen molar-refractivity contribution in [3.05, 3.63) is 66.7 Å². The van der Waals surface area contributed by atoms with E-state index in [1.807, 2.05) is 6.92 Å². The summed E-state index contributed by atoms with van der Waals surface area (Å²) in [7, 11) is -7.13. The lowest BCUT2D eigenvalue weighted by molar-refractivity contribution is 0.598. The molecule has 0 bridgehead atoms. The summed E-state index contributed by atoms with van der Waals surface area (Å²) < 4.78 is 50.7. The van der Waals surface area contributed by atoms with Crippen molar-refractivity contribution in [3.63, 3.8) is 0 Å². The van der Waals surface area contributed by atoms with E-state index in [0.717, 1.165) is 5.56 Å². The molecule has 0 radical (unpaired) electrons. The average Bonchev–Trinajstić information content (AvgIpc) is 2.48. The molecule has 0 saturated carbocycles. The van der Waals surface area contributed by atoms with Crippen LogP contribution in [0.25, 0.3) is 0 Å². The summed E-state index contributed by atoms with van der Waals surface area (Å²) in [4.78, 5) is 0.266. The van der Waals surface area contributed by atoms with Gasteiger partial charge in [0.2, 0.25) is 0 Å². The third kappa shape index (κ3) is 4.20. The molecule has 0 spiro atoms. The molecule has 0 aliphatic carbocycles. The van der Waals surface area contributed by atoms with Gasteiger partial charge >= 0.3 is 0 Å². The molecule has 0 aromatic heterocycles. The Morgan fingerprint density at radius 3 is 1.96 bits per heavy atom. The van der Waals surface area contributed by atoms with Crippen LogP contribution in [0.2, 0.25) is 0 Å². The van der Waals surface area contributed by atoms with Gasteiger partial charge in [0.25, 0.3) is 10.0 Å². The lowest BCUT2D eigenvalue weighted by Gasteiger charge is -2.09. The van der Waals surface area contributed by atoms with Gasteiger partial charge in [0.1, 0.15) is 0 Å². The molecular weight excluding hydrogens is 334 g/mol. The van der Waals surface area contributed by atoms with E-state index < -0.39 is 19.9 Å². The first kappa shape index (κ1) is 17.2. The van der Waals surface area contributed by atoms with Crippen LogP contribution in [0.5, 0.6) is 0 Å². The summed E-state index contributed by atoms with van der Waals surface area (Å²) in [5.74, 6) is -0.165. The van der Waals surface area contributed by atoms with Crippen molar-refractivity contribution in [2.45, 2.75) is 16.7 Å². The molecule has 0 saturated heterocycles. The molecule has 122 valence electrons. The topological polar surface area (TPSA) is 80.3 Å². The maximum Gasteiger partial charge on any atom is 0.261 e. The molecule has 0 aliphatic rings. The van der Waals surface area contributed by atoms with Crippen LogP contribution in [0.15, 0.2) is 71.0 Å². The van der Waals surface area contributed by atoms with E-state index >= 15 is 0 Å². The lowest BCUT2D eigenvalue weighted by atomic mass is 10.2. The zero-order chi connectivity index (χ0) is 17.1. The molecule has 2 aromatic carbocycles. The Hall–Kier alpha value is -2.12. The second-order valence-electron chi connectivity index (χ2n) is 5.01. The van der Waals surface area contributed by atoms with Crippen LogP contribution in [-0.4, -0.2) is 22.6 Å². The van der Waals surface area contributed by atoms with Gasteiger partial charge in [-0.2, -0.15) is 0 Å². The Bertz CT molecular complexity index is 898. The zero-order valence-corrected chi connectivity index (χ0v) is 14.2. The van der Waals surface area contributed by atoms with Gasteiger partial charge in [-0.25, -0.2) is 16.8 Å². The molecule has 2 rings (SSSR count). The number of anilines is 1. The lowest BCUT2D eigenvalue weighted by Crippen LogP contribution is -2.13. The number of rotatable bonds is 6. The summed E-state index contributed by atoms with van der Waals surface area (Å²) in [5.41, 5.74) is 1.25. The molecule has 0 heterocycles. The first-order valence-electron chi connectivity index (χ1n) is 6.78. The Labute approximate surface area is 136 Å². The van der Waals surface area contributed by atoms with Crippen LogP contribution >= 0.6 is 0 Å². The number of sulfone groups is 1. The van der Waals surface area contributed by atoms with Crippen LogP contribution in [0.1, 0.15) is 5.56 Å². The molecule has 0 fully saturated rings. The zero-order valence-electron chi connectivity index (χ0n) is 12.6. The molecular formula is C16H17NO4S2. The summed E-state index contributed by atoms with van der Waals surface area (Å²) in [6, 6.07) is 12.0. The number of benzene rings is 2. The van der Waals surface area contributed by atoms with E-state index in [1.165, 1.54) is 42.5 Å². The monoisotopic (exact) mass is 351 g/mol. The van der Waals surface area contributed by atoms with Crippen LogP contribution in [0.4, 0.5) is 5.69 Å². The highest BCUT2D eigenvalue weighted by atomic mass is 32.2. The third-order valence-corrected chi connectivity index (χ3v) is 6.20. The summed E-state index contributed by atoms with van der Waals surface area (Å²) in [6.07, 6.45) is 1.31. The van der Waals surface area contributed by atoms with Crippen molar-refractivity contribution in [2.24, 2.45) is 0 Å². The largest absolute Gasteiger partial charge is 0.280 e. The van der Waals surface area contributed by atoms with Gasteiger partial charge in [-0.1, -0.05) is 23.8 Å². The van der Waals surface area contributed by atoms with Crippen molar-refractivity contribution in [2.75, 3.05) is 10.5 Å². The van der Waals surface area contributed by atoms with Crippen molar-refractivity contribution in [1.29, 1.82) is 0 Å². The highest BCUT2D eigenvalue weighted by Crippen LogP contribution is 2.19. The molecule has 0 aliphatic heterocycles. The number of nitrogens with one attached hydrogen (secondary N) is 1. The van der Waals surface area contributed by atoms with Gasteiger partial charge in [-0.3, -0.25) is 4.72 Å². The molecule has 2 aromatic rings. The van der Waals surface area contributed by atoms with E-state index in [2.05, 4.69) is 11.3 Å². The number of hydrogen-bond acceptors (Lipinski definition) is 4. The maximum absolute atomic E-state index is 12.3. The summed E-state index contributed by atoms with van der Waals surface area (Å²) >= 11 is 0. The molecule has 1 N–H and O–H groups in total. The SMILES string of the molecule is C=CCS(=O)(=O)c1ccc(NS(=O)(=O)c2ccc(C)cc2)cc1. The maximum atomic E-state index is 12.3. The first-order valence-corrected chi connectivity index (χ1v) is 9.91. The predicted molar refractivity (Wildman–Crippen MR) is 90.7 cm³/mol. The van der Waals surface area contributed by atoms with Gasteiger partial charge in [-0.05, 0) is 43.3 Å². The highest BCUT2D eigenvalue weighted by molar-refractivity contribution is 7.92. The fourth-order valence-corrected chi connectivity index (χ4v) is 4.03. The van der Waals surface area contributed by atoms with Crippen LogP contribution < -0.4 is 4.72 Å². The van der Waals surface area contributed by atoms with Crippen molar-refractivity contribution >= 4 is 25.5 Å². The van der Waals surface area contributed by atoms with Gasteiger partial charge in [-0.15, -0.1) is 6.58 Å². The second kappa shape index (κ2) is 6.55. The summed E-state index contributed by atoms with van der Waals surface area (Å²) in [6.45, 7) is 5.27. The van der Waals surface area contributed by atoms with E-state index in [-0.39, 0.29) is 15.5 Å².